The van der Waals surface area contributed by atoms with Crippen molar-refractivity contribution in [1.82, 2.24) is 9.88 Å². The van der Waals surface area contributed by atoms with Crippen LogP contribution in [0.3, 0.4) is 0 Å². The monoisotopic (exact) mass is 460 g/mol. The smallest absolute Gasteiger partial charge is 0.416 e. The molecule has 0 bridgehead atoms. The number of alkyl halides is 3. The molecule has 0 aliphatic carbocycles. The second-order valence-electron chi connectivity index (χ2n) is 6.72. The van der Waals surface area contributed by atoms with Gasteiger partial charge < -0.3 is 4.42 Å². The standard InChI is InChI=1S/C22H15F3N2O2S2/c23-22(24,25)16-5-3-15(4-6-16)18-8-7-17(29-18)12-19-20(28)27(21(30)31-19)11-9-14-2-1-10-26-13-14/h1-8,10,12-13H,9,11H2/b19-12-. The van der Waals surface area contributed by atoms with E-state index in [0.717, 1.165) is 17.7 Å². The number of carbonyl (C=O) groups excluding carboxylic acids is 1. The van der Waals surface area contributed by atoms with Crippen LogP contribution in [0.1, 0.15) is 16.9 Å². The number of pyridine rings is 1. The molecule has 1 aliphatic heterocycles. The highest BCUT2D eigenvalue weighted by molar-refractivity contribution is 8.26. The zero-order chi connectivity index (χ0) is 22.0. The number of nitrogens with zero attached hydrogens (tertiary/aromatic N) is 2. The minimum atomic E-state index is -4.39. The quantitative estimate of drug-likeness (QED) is 0.356. The van der Waals surface area contributed by atoms with Crippen molar-refractivity contribution in [1.29, 1.82) is 0 Å². The van der Waals surface area contributed by atoms with Crippen molar-refractivity contribution in [2.24, 2.45) is 0 Å². The summed E-state index contributed by atoms with van der Waals surface area (Å²) in [5, 5.41) is 0. The van der Waals surface area contributed by atoms with Crippen LogP contribution in [-0.4, -0.2) is 26.7 Å². The lowest BCUT2D eigenvalue weighted by atomic mass is 10.1. The summed E-state index contributed by atoms with van der Waals surface area (Å²) in [7, 11) is 0. The van der Waals surface area contributed by atoms with Crippen molar-refractivity contribution in [2.45, 2.75) is 12.6 Å². The number of hydrogen-bond acceptors (Lipinski definition) is 5. The van der Waals surface area contributed by atoms with Crippen molar-refractivity contribution >= 4 is 40.3 Å². The summed E-state index contributed by atoms with van der Waals surface area (Å²) in [5.41, 5.74) is 0.794. The molecule has 0 unspecified atom stereocenters. The van der Waals surface area contributed by atoms with Crippen molar-refractivity contribution in [3.05, 3.63) is 82.7 Å². The van der Waals surface area contributed by atoms with Gasteiger partial charge in [0.25, 0.3) is 5.91 Å². The topological polar surface area (TPSA) is 46.3 Å². The Morgan fingerprint density at radius 3 is 2.58 bits per heavy atom. The third kappa shape index (κ3) is 4.88. The van der Waals surface area contributed by atoms with Gasteiger partial charge in [-0.15, -0.1) is 0 Å². The fourth-order valence-corrected chi connectivity index (χ4v) is 4.31. The third-order valence-corrected chi connectivity index (χ3v) is 6.00. The van der Waals surface area contributed by atoms with Crippen LogP contribution in [0.4, 0.5) is 13.2 Å². The van der Waals surface area contributed by atoms with E-state index in [2.05, 4.69) is 4.98 Å². The fourth-order valence-electron chi connectivity index (χ4n) is 3.02. The summed E-state index contributed by atoms with van der Waals surface area (Å²) in [6.45, 7) is 0.447. The number of halogens is 3. The molecule has 4 rings (SSSR count). The Morgan fingerprint density at radius 2 is 1.90 bits per heavy atom. The molecule has 1 saturated heterocycles. The Labute approximate surface area is 185 Å². The maximum Gasteiger partial charge on any atom is 0.416 e. The molecule has 0 saturated carbocycles. The molecule has 1 aliphatic rings. The van der Waals surface area contributed by atoms with E-state index in [1.54, 1.807) is 35.5 Å². The van der Waals surface area contributed by atoms with Gasteiger partial charge in [0, 0.05) is 30.6 Å². The number of thiocarbonyl (C=S) groups is 1. The highest BCUT2D eigenvalue weighted by Gasteiger charge is 2.32. The van der Waals surface area contributed by atoms with Gasteiger partial charge in [0.05, 0.1) is 10.5 Å². The van der Waals surface area contributed by atoms with Gasteiger partial charge in [-0.25, -0.2) is 0 Å². The SMILES string of the molecule is O=C1/C(=C/c2ccc(-c3ccc(C(F)(F)F)cc3)o2)SC(=S)N1CCc1cccnc1. The molecule has 4 nitrogen and oxygen atoms in total. The molecule has 3 aromatic rings. The number of amides is 1. The minimum absolute atomic E-state index is 0.202. The number of carbonyl (C=O) groups is 1. The molecule has 0 radical (unpaired) electrons. The number of furan rings is 1. The van der Waals surface area contributed by atoms with Crippen LogP contribution in [0.25, 0.3) is 17.4 Å². The van der Waals surface area contributed by atoms with Gasteiger partial charge in [0.15, 0.2) is 0 Å². The Kier molecular flexibility index (Phi) is 5.97. The average Bonchev–Trinajstić information content (AvgIpc) is 3.32. The molecule has 158 valence electrons. The van der Waals surface area contributed by atoms with Gasteiger partial charge in [0.1, 0.15) is 15.8 Å². The molecule has 0 atom stereocenters. The molecule has 0 N–H and O–H groups in total. The summed E-state index contributed by atoms with van der Waals surface area (Å²) in [6, 6.07) is 11.8. The maximum absolute atomic E-state index is 12.7. The lowest BCUT2D eigenvalue weighted by Gasteiger charge is -2.13. The van der Waals surface area contributed by atoms with Crippen molar-refractivity contribution in [3.8, 4) is 11.3 Å². The first-order valence-electron chi connectivity index (χ1n) is 9.23. The Balaban J connectivity index is 1.46. The van der Waals surface area contributed by atoms with Gasteiger partial charge in [-0.05, 0) is 42.3 Å². The van der Waals surface area contributed by atoms with Crippen molar-refractivity contribution in [3.63, 3.8) is 0 Å². The second-order valence-corrected chi connectivity index (χ2v) is 8.40. The van der Waals surface area contributed by atoms with Crippen LogP contribution in [0, 0.1) is 0 Å². The lowest BCUT2D eigenvalue weighted by molar-refractivity contribution is -0.137. The number of aromatic nitrogens is 1. The predicted molar refractivity (Wildman–Crippen MR) is 117 cm³/mol. The molecule has 3 heterocycles. The molecule has 1 amide bonds. The van der Waals surface area contributed by atoms with E-state index >= 15 is 0 Å². The van der Waals surface area contributed by atoms with E-state index in [9.17, 15) is 18.0 Å². The van der Waals surface area contributed by atoms with Gasteiger partial charge in [-0.2, -0.15) is 13.2 Å². The van der Waals surface area contributed by atoms with Crippen LogP contribution in [-0.2, 0) is 17.4 Å². The zero-order valence-electron chi connectivity index (χ0n) is 15.9. The first-order valence-corrected chi connectivity index (χ1v) is 10.5. The van der Waals surface area contributed by atoms with Gasteiger partial charge in [-0.1, -0.05) is 42.2 Å². The molecule has 2 aromatic heterocycles. The van der Waals surface area contributed by atoms with E-state index in [1.165, 1.54) is 23.9 Å². The highest BCUT2D eigenvalue weighted by atomic mass is 32.2. The number of thioether (sulfide) groups is 1. The molecule has 1 fully saturated rings. The largest absolute Gasteiger partial charge is 0.457 e. The maximum atomic E-state index is 12.7. The van der Waals surface area contributed by atoms with Gasteiger partial charge in [-0.3, -0.25) is 14.7 Å². The van der Waals surface area contributed by atoms with E-state index in [1.807, 2.05) is 12.1 Å². The fraction of sp³-hybridized carbons (Fsp3) is 0.136. The molecule has 1 aromatic carbocycles. The Hall–Kier alpha value is -2.91. The summed E-state index contributed by atoms with van der Waals surface area (Å²) >= 11 is 6.53. The Morgan fingerprint density at radius 1 is 1.13 bits per heavy atom. The van der Waals surface area contributed by atoms with Gasteiger partial charge >= 0.3 is 6.18 Å². The van der Waals surface area contributed by atoms with E-state index in [-0.39, 0.29) is 5.91 Å². The van der Waals surface area contributed by atoms with Crippen molar-refractivity contribution in [2.75, 3.05) is 6.54 Å². The van der Waals surface area contributed by atoms with Crippen LogP contribution < -0.4 is 0 Å². The van der Waals surface area contributed by atoms with Crippen LogP contribution in [0.15, 0.2) is 70.2 Å². The third-order valence-electron chi connectivity index (χ3n) is 4.62. The second kappa shape index (κ2) is 8.68. The van der Waals surface area contributed by atoms with E-state index in [0.29, 0.717) is 39.3 Å². The molecule has 31 heavy (non-hydrogen) atoms. The lowest BCUT2D eigenvalue weighted by Crippen LogP contribution is -2.30. The Bertz CT molecular complexity index is 1140. The summed E-state index contributed by atoms with van der Waals surface area (Å²) in [6.07, 6.45) is 1.27. The molecular weight excluding hydrogens is 445 g/mol. The minimum Gasteiger partial charge on any atom is -0.457 e. The number of hydrogen-bond donors (Lipinski definition) is 0. The highest BCUT2D eigenvalue weighted by Crippen LogP contribution is 2.34. The van der Waals surface area contributed by atoms with Crippen LogP contribution >= 0.6 is 24.0 Å². The molecular formula is C22H15F3N2O2S2. The number of benzene rings is 1. The van der Waals surface area contributed by atoms with E-state index in [4.69, 9.17) is 16.6 Å². The predicted octanol–water partition coefficient (Wildman–Crippen LogP) is 5.80. The summed E-state index contributed by atoms with van der Waals surface area (Å²) < 4.78 is 44.3. The summed E-state index contributed by atoms with van der Waals surface area (Å²) in [5.74, 6) is 0.626. The average molecular weight is 461 g/mol. The van der Waals surface area contributed by atoms with Crippen molar-refractivity contribution < 1.29 is 22.4 Å². The zero-order valence-corrected chi connectivity index (χ0v) is 17.6. The normalized spacial score (nSPS) is 15.8. The van der Waals surface area contributed by atoms with E-state index < -0.39 is 11.7 Å². The summed E-state index contributed by atoms with van der Waals surface area (Å²) in [4.78, 5) is 18.8. The van der Waals surface area contributed by atoms with Gasteiger partial charge in [0.2, 0.25) is 0 Å². The number of rotatable bonds is 5. The first-order chi connectivity index (χ1) is 14.8. The molecule has 0 spiro atoms. The molecule has 9 heteroatoms. The first kappa shape index (κ1) is 21.3. The van der Waals surface area contributed by atoms with Crippen LogP contribution in [0.2, 0.25) is 0 Å². The van der Waals surface area contributed by atoms with Crippen LogP contribution in [0.5, 0.6) is 0 Å².